The zero-order valence-electron chi connectivity index (χ0n) is 13.3. The van der Waals surface area contributed by atoms with Gasteiger partial charge < -0.3 is 9.64 Å². The van der Waals surface area contributed by atoms with E-state index < -0.39 is 15.4 Å². The molecular formula is C16H23NO4S. The molecule has 2 rings (SSSR count). The molecule has 1 saturated heterocycles. The molecule has 0 spiro atoms. The lowest BCUT2D eigenvalue weighted by Gasteiger charge is -2.38. The standard InChI is InChI=1S/C16H23NO4S/c1-4-11-22(19,20)14-8-6-5-7-13(14)15(18)17-9-10-21-16(2,3)12-17/h5-8H,4,9-12H2,1-3H3. The Kier molecular flexibility index (Phi) is 4.92. The highest BCUT2D eigenvalue weighted by Gasteiger charge is 2.32. The first-order valence-electron chi connectivity index (χ1n) is 7.52. The van der Waals surface area contributed by atoms with E-state index in [0.29, 0.717) is 26.1 Å². The molecule has 1 aromatic rings. The lowest BCUT2D eigenvalue weighted by molar-refractivity contribution is -0.0764. The van der Waals surface area contributed by atoms with Crippen molar-refractivity contribution in [2.45, 2.75) is 37.7 Å². The first kappa shape index (κ1) is 17.0. The minimum atomic E-state index is -3.43. The summed E-state index contributed by atoms with van der Waals surface area (Å²) in [5.41, 5.74) is -0.154. The fourth-order valence-electron chi connectivity index (χ4n) is 2.65. The number of amides is 1. The number of hydrogen-bond acceptors (Lipinski definition) is 4. The maximum atomic E-state index is 12.8. The highest BCUT2D eigenvalue weighted by atomic mass is 32.2. The van der Waals surface area contributed by atoms with E-state index >= 15 is 0 Å². The van der Waals surface area contributed by atoms with Gasteiger partial charge in [0.2, 0.25) is 0 Å². The number of carbonyl (C=O) groups excluding carboxylic acids is 1. The fourth-order valence-corrected chi connectivity index (χ4v) is 4.19. The number of ether oxygens (including phenoxy) is 1. The van der Waals surface area contributed by atoms with Crippen LogP contribution in [0.25, 0.3) is 0 Å². The maximum Gasteiger partial charge on any atom is 0.255 e. The van der Waals surface area contributed by atoms with E-state index in [1.165, 1.54) is 6.07 Å². The SMILES string of the molecule is CCCS(=O)(=O)c1ccccc1C(=O)N1CCOC(C)(C)C1. The number of nitrogens with zero attached hydrogens (tertiary/aromatic N) is 1. The molecule has 122 valence electrons. The van der Waals surface area contributed by atoms with Crippen molar-refractivity contribution in [1.82, 2.24) is 4.90 Å². The van der Waals surface area contributed by atoms with Gasteiger partial charge in [0.25, 0.3) is 5.91 Å². The number of rotatable bonds is 4. The first-order chi connectivity index (χ1) is 10.3. The second-order valence-electron chi connectivity index (χ2n) is 6.15. The molecule has 0 N–H and O–H groups in total. The van der Waals surface area contributed by atoms with Gasteiger partial charge in [-0.05, 0) is 32.4 Å². The molecule has 0 aromatic heterocycles. The van der Waals surface area contributed by atoms with Crippen LogP contribution >= 0.6 is 0 Å². The van der Waals surface area contributed by atoms with Crippen LogP contribution in [0.3, 0.4) is 0 Å². The van der Waals surface area contributed by atoms with E-state index in [9.17, 15) is 13.2 Å². The van der Waals surface area contributed by atoms with Crippen LogP contribution in [0.5, 0.6) is 0 Å². The van der Waals surface area contributed by atoms with Gasteiger partial charge in [-0.1, -0.05) is 19.1 Å². The number of benzene rings is 1. The van der Waals surface area contributed by atoms with Crippen molar-refractivity contribution < 1.29 is 17.9 Å². The molecule has 1 aliphatic heterocycles. The second kappa shape index (κ2) is 6.38. The smallest absolute Gasteiger partial charge is 0.255 e. The maximum absolute atomic E-state index is 12.8. The third kappa shape index (κ3) is 3.67. The Morgan fingerprint density at radius 3 is 2.64 bits per heavy atom. The molecule has 1 aliphatic rings. The number of sulfone groups is 1. The molecule has 22 heavy (non-hydrogen) atoms. The van der Waals surface area contributed by atoms with Crippen LogP contribution in [-0.2, 0) is 14.6 Å². The van der Waals surface area contributed by atoms with Gasteiger partial charge in [0, 0.05) is 13.1 Å². The van der Waals surface area contributed by atoms with Gasteiger partial charge in [-0.3, -0.25) is 4.79 Å². The Morgan fingerprint density at radius 1 is 1.32 bits per heavy atom. The topological polar surface area (TPSA) is 63.7 Å². The molecule has 0 saturated carbocycles. The third-order valence-corrected chi connectivity index (χ3v) is 5.61. The van der Waals surface area contributed by atoms with Gasteiger partial charge in [-0.2, -0.15) is 0 Å². The first-order valence-corrected chi connectivity index (χ1v) is 9.17. The van der Waals surface area contributed by atoms with E-state index in [2.05, 4.69) is 0 Å². The summed E-state index contributed by atoms with van der Waals surface area (Å²) in [7, 11) is -3.43. The third-order valence-electron chi connectivity index (χ3n) is 3.64. The summed E-state index contributed by atoms with van der Waals surface area (Å²) in [6.07, 6.45) is 0.523. The van der Waals surface area contributed by atoms with Crippen LogP contribution in [0.15, 0.2) is 29.2 Å². The van der Waals surface area contributed by atoms with Gasteiger partial charge in [0.05, 0.1) is 28.4 Å². The van der Waals surface area contributed by atoms with Gasteiger partial charge in [0.15, 0.2) is 9.84 Å². The van der Waals surface area contributed by atoms with E-state index in [0.717, 1.165) is 0 Å². The Morgan fingerprint density at radius 2 is 2.00 bits per heavy atom. The predicted octanol–water partition coefficient (Wildman–Crippen LogP) is 2.12. The van der Waals surface area contributed by atoms with Crippen LogP contribution in [0.4, 0.5) is 0 Å². The molecule has 1 heterocycles. The summed E-state index contributed by atoms with van der Waals surface area (Å²) in [6, 6.07) is 6.46. The summed E-state index contributed by atoms with van der Waals surface area (Å²) in [6.45, 7) is 7.05. The molecule has 0 bridgehead atoms. The molecule has 6 heteroatoms. The zero-order chi connectivity index (χ0) is 16.4. The van der Waals surface area contributed by atoms with Crippen LogP contribution in [0, 0.1) is 0 Å². The van der Waals surface area contributed by atoms with Crippen molar-refractivity contribution in [1.29, 1.82) is 0 Å². The van der Waals surface area contributed by atoms with Crippen molar-refractivity contribution in [2.75, 3.05) is 25.4 Å². The van der Waals surface area contributed by atoms with Crippen LogP contribution in [0.1, 0.15) is 37.6 Å². The van der Waals surface area contributed by atoms with Crippen molar-refractivity contribution in [3.8, 4) is 0 Å². The van der Waals surface area contributed by atoms with Crippen LogP contribution in [-0.4, -0.2) is 50.3 Å². The lowest BCUT2D eigenvalue weighted by Crippen LogP contribution is -2.50. The molecule has 0 radical (unpaired) electrons. The Bertz CT molecular complexity index is 652. The molecule has 0 unspecified atom stereocenters. The van der Waals surface area contributed by atoms with Gasteiger partial charge in [-0.15, -0.1) is 0 Å². The molecule has 0 aliphatic carbocycles. The van der Waals surface area contributed by atoms with Gasteiger partial charge in [0.1, 0.15) is 0 Å². The number of carbonyl (C=O) groups is 1. The molecule has 1 fully saturated rings. The van der Waals surface area contributed by atoms with Crippen molar-refractivity contribution in [3.63, 3.8) is 0 Å². The summed E-state index contributed by atoms with van der Waals surface area (Å²) in [4.78, 5) is 14.6. The second-order valence-corrected chi connectivity index (χ2v) is 8.23. The molecule has 1 aromatic carbocycles. The minimum absolute atomic E-state index is 0.0475. The van der Waals surface area contributed by atoms with E-state index in [4.69, 9.17) is 4.74 Å². The zero-order valence-corrected chi connectivity index (χ0v) is 14.1. The predicted molar refractivity (Wildman–Crippen MR) is 84.7 cm³/mol. The van der Waals surface area contributed by atoms with Gasteiger partial charge >= 0.3 is 0 Å². The van der Waals surface area contributed by atoms with Crippen LogP contribution < -0.4 is 0 Å². The summed E-state index contributed by atoms with van der Waals surface area (Å²) in [5, 5.41) is 0. The normalized spacial score (nSPS) is 18.2. The average Bonchev–Trinajstić information content (AvgIpc) is 2.45. The van der Waals surface area contributed by atoms with E-state index in [1.54, 1.807) is 23.1 Å². The van der Waals surface area contributed by atoms with Crippen molar-refractivity contribution >= 4 is 15.7 Å². The molecule has 0 atom stereocenters. The Labute approximate surface area is 132 Å². The van der Waals surface area contributed by atoms with E-state index in [-0.39, 0.29) is 22.1 Å². The van der Waals surface area contributed by atoms with Crippen molar-refractivity contribution in [3.05, 3.63) is 29.8 Å². The number of morpholine rings is 1. The van der Waals surface area contributed by atoms with E-state index in [1.807, 2.05) is 20.8 Å². The molecule has 1 amide bonds. The summed E-state index contributed by atoms with van der Waals surface area (Å²) < 4.78 is 30.3. The average molecular weight is 325 g/mol. The minimum Gasteiger partial charge on any atom is -0.372 e. The Hall–Kier alpha value is -1.40. The quantitative estimate of drug-likeness (QED) is 0.850. The monoisotopic (exact) mass is 325 g/mol. The highest BCUT2D eigenvalue weighted by molar-refractivity contribution is 7.91. The Balaban J connectivity index is 2.35. The number of hydrogen-bond donors (Lipinski definition) is 0. The van der Waals surface area contributed by atoms with Crippen molar-refractivity contribution in [2.24, 2.45) is 0 Å². The molecule has 5 nitrogen and oxygen atoms in total. The summed E-state index contributed by atoms with van der Waals surface area (Å²) in [5.74, 6) is -0.196. The lowest BCUT2D eigenvalue weighted by atomic mass is 10.1. The molecular weight excluding hydrogens is 302 g/mol. The summed E-state index contributed by atoms with van der Waals surface area (Å²) >= 11 is 0. The fraction of sp³-hybridized carbons (Fsp3) is 0.562. The highest BCUT2D eigenvalue weighted by Crippen LogP contribution is 2.23. The van der Waals surface area contributed by atoms with Gasteiger partial charge in [-0.25, -0.2) is 8.42 Å². The van der Waals surface area contributed by atoms with Crippen LogP contribution in [0.2, 0.25) is 0 Å². The largest absolute Gasteiger partial charge is 0.372 e.